The molecule has 28 heavy (non-hydrogen) atoms. The summed E-state index contributed by atoms with van der Waals surface area (Å²) in [6.07, 6.45) is 5.85. The smallest absolute Gasteiger partial charge is 0.227 e. The van der Waals surface area contributed by atoms with E-state index in [2.05, 4.69) is 9.80 Å². The average molecular weight is 380 g/mol. The molecular weight excluding hydrogens is 352 g/mol. The van der Waals surface area contributed by atoms with Gasteiger partial charge in [-0.2, -0.15) is 4.98 Å². The van der Waals surface area contributed by atoms with Crippen LogP contribution < -0.4 is 9.80 Å². The van der Waals surface area contributed by atoms with Crippen molar-refractivity contribution in [2.75, 3.05) is 36.0 Å². The van der Waals surface area contributed by atoms with Crippen LogP contribution in [0.4, 0.5) is 11.8 Å². The number of carbonyl (C=O) groups excluding carboxylic acids is 1. The van der Waals surface area contributed by atoms with Crippen molar-refractivity contribution >= 4 is 17.5 Å². The zero-order chi connectivity index (χ0) is 19.5. The van der Waals surface area contributed by atoms with Gasteiger partial charge in [-0.05, 0) is 44.2 Å². The van der Waals surface area contributed by atoms with Crippen molar-refractivity contribution in [3.8, 4) is 17.0 Å². The Morgan fingerprint density at radius 2 is 1.96 bits per heavy atom. The van der Waals surface area contributed by atoms with Crippen molar-refractivity contribution in [3.63, 3.8) is 0 Å². The first-order chi connectivity index (χ1) is 13.7. The number of ketones is 1. The molecule has 0 radical (unpaired) electrons. The number of hydrogen-bond acceptors (Lipinski definition) is 6. The summed E-state index contributed by atoms with van der Waals surface area (Å²) in [5.74, 6) is 2.12. The van der Waals surface area contributed by atoms with E-state index in [4.69, 9.17) is 9.97 Å². The second-order valence-electron chi connectivity index (χ2n) is 7.73. The van der Waals surface area contributed by atoms with Gasteiger partial charge in [-0.25, -0.2) is 4.98 Å². The zero-order valence-electron chi connectivity index (χ0n) is 16.5. The van der Waals surface area contributed by atoms with Crippen molar-refractivity contribution in [2.45, 2.75) is 45.4 Å². The topological polar surface area (TPSA) is 69.6 Å². The summed E-state index contributed by atoms with van der Waals surface area (Å²) in [4.78, 5) is 26.5. The Bertz CT molecular complexity index is 862. The van der Waals surface area contributed by atoms with Gasteiger partial charge in [0, 0.05) is 37.2 Å². The number of hydrogen-bond donors (Lipinski definition) is 1. The minimum atomic E-state index is 0.234. The van der Waals surface area contributed by atoms with E-state index in [-0.39, 0.29) is 11.5 Å². The Balaban J connectivity index is 1.75. The van der Waals surface area contributed by atoms with Crippen LogP contribution in [0.3, 0.4) is 0 Å². The number of carbonyl (C=O) groups is 1. The van der Waals surface area contributed by atoms with Gasteiger partial charge in [-0.1, -0.05) is 19.1 Å². The first-order valence-corrected chi connectivity index (χ1v) is 10.4. The Kier molecular flexibility index (Phi) is 5.46. The molecule has 2 aliphatic rings. The molecule has 1 saturated heterocycles. The van der Waals surface area contributed by atoms with Crippen molar-refractivity contribution in [1.29, 1.82) is 0 Å². The van der Waals surface area contributed by atoms with Crippen LogP contribution in [0, 0.1) is 0 Å². The highest BCUT2D eigenvalue weighted by Gasteiger charge is 2.29. The third-order valence-corrected chi connectivity index (χ3v) is 5.56. The maximum absolute atomic E-state index is 12.3. The Hall–Kier alpha value is -2.63. The number of nitrogens with zero attached hydrogens (tertiary/aromatic N) is 4. The van der Waals surface area contributed by atoms with Gasteiger partial charge in [0.05, 0.1) is 12.2 Å². The predicted octanol–water partition coefficient (Wildman–Crippen LogP) is 3.57. The molecule has 6 nitrogen and oxygen atoms in total. The Morgan fingerprint density at radius 1 is 1.14 bits per heavy atom. The van der Waals surface area contributed by atoms with E-state index in [1.807, 2.05) is 19.1 Å². The largest absolute Gasteiger partial charge is 0.508 e. The minimum absolute atomic E-state index is 0.234. The molecule has 0 amide bonds. The predicted molar refractivity (Wildman–Crippen MR) is 111 cm³/mol. The quantitative estimate of drug-likeness (QED) is 0.826. The normalized spacial score (nSPS) is 16.3. The van der Waals surface area contributed by atoms with Crippen molar-refractivity contribution in [1.82, 2.24) is 9.97 Å². The average Bonchev–Trinajstić information content (AvgIpc) is 3.11. The van der Waals surface area contributed by atoms with Crippen molar-refractivity contribution in [2.24, 2.45) is 0 Å². The number of piperidine rings is 1. The maximum atomic E-state index is 12.3. The Morgan fingerprint density at radius 3 is 2.71 bits per heavy atom. The second-order valence-corrected chi connectivity index (χ2v) is 7.73. The van der Waals surface area contributed by atoms with E-state index in [1.54, 1.807) is 12.1 Å². The lowest BCUT2D eigenvalue weighted by Crippen LogP contribution is -2.32. The minimum Gasteiger partial charge on any atom is -0.508 e. The number of rotatable bonds is 6. The summed E-state index contributed by atoms with van der Waals surface area (Å²) < 4.78 is 0. The standard InChI is InChI=1S/C22H28N4O2/c1-2-7-18(28)15-26-13-10-19-20(16-8-6-9-17(27)14-16)23-22(24-21(19)26)25-11-4-3-5-12-25/h6,8-9,14,27H,2-5,7,10-13,15H2,1H3. The molecule has 2 aromatic rings. The highest BCUT2D eigenvalue weighted by molar-refractivity contribution is 5.85. The number of phenolic OH excluding ortho intramolecular Hbond substituents is 1. The van der Waals surface area contributed by atoms with Gasteiger partial charge < -0.3 is 14.9 Å². The number of fused-ring (bicyclic) bond motifs is 1. The molecule has 1 fully saturated rings. The third kappa shape index (κ3) is 3.81. The molecule has 2 aliphatic heterocycles. The molecule has 0 saturated carbocycles. The molecule has 4 rings (SSSR count). The molecule has 0 aliphatic carbocycles. The second kappa shape index (κ2) is 8.17. The first-order valence-electron chi connectivity index (χ1n) is 10.4. The molecule has 1 aromatic carbocycles. The monoisotopic (exact) mass is 380 g/mol. The summed E-state index contributed by atoms with van der Waals surface area (Å²) >= 11 is 0. The SMILES string of the molecule is CCCC(=O)CN1CCc2c(-c3cccc(O)c3)nc(N3CCCCC3)nc21. The molecule has 1 N–H and O–H groups in total. The van der Waals surface area contributed by atoms with Gasteiger partial charge >= 0.3 is 0 Å². The first kappa shape index (κ1) is 18.7. The van der Waals surface area contributed by atoms with E-state index in [0.717, 1.165) is 73.9 Å². The molecule has 0 spiro atoms. The van der Waals surface area contributed by atoms with Crippen molar-refractivity contribution < 1.29 is 9.90 Å². The summed E-state index contributed by atoms with van der Waals surface area (Å²) in [6.45, 7) is 5.16. The van der Waals surface area contributed by atoms with Gasteiger partial charge in [0.15, 0.2) is 5.78 Å². The third-order valence-electron chi connectivity index (χ3n) is 5.56. The lowest BCUT2D eigenvalue weighted by atomic mass is 10.1. The molecule has 0 atom stereocenters. The molecule has 0 unspecified atom stereocenters. The van der Waals surface area contributed by atoms with Gasteiger partial charge in [0.1, 0.15) is 11.6 Å². The number of aromatic hydroxyl groups is 1. The molecule has 1 aromatic heterocycles. The van der Waals surface area contributed by atoms with Crippen molar-refractivity contribution in [3.05, 3.63) is 29.8 Å². The zero-order valence-corrected chi connectivity index (χ0v) is 16.5. The van der Waals surface area contributed by atoms with Gasteiger partial charge in [-0.3, -0.25) is 4.79 Å². The van der Waals surface area contributed by atoms with Crippen LogP contribution in [-0.4, -0.2) is 47.0 Å². The number of phenols is 1. The van der Waals surface area contributed by atoms with Crippen LogP contribution >= 0.6 is 0 Å². The van der Waals surface area contributed by atoms with E-state index < -0.39 is 0 Å². The van der Waals surface area contributed by atoms with Gasteiger partial charge in [-0.15, -0.1) is 0 Å². The van der Waals surface area contributed by atoms with Crippen LogP contribution in [0.5, 0.6) is 5.75 Å². The Labute approximate surface area is 166 Å². The number of aromatic nitrogens is 2. The van der Waals surface area contributed by atoms with E-state index in [0.29, 0.717) is 13.0 Å². The van der Waals surface area contributed by atoms with Crippen LogP contribution in [-0.2, 0) is 11.2 Å². The van der Waals surface area contributed by atoms with E-state index >= 15 is 0 Å². The van der Waals surface area contributed by atoms with E-state index in [1.165, 1.54) is 6.42 Å². The molecule has 3 heterocycles. The van der Waals surface area contributed by atoms with Crippen LogP contribution in [0.15, 0.2) is 24.3 Å². The number of anilines is 2. The number of benzene rings is 1. The van der Waals surface area contributed by atoms with Crippen LogP contribution in [0.2, 0.25) is 0 Å². The fraction of sp³-hybridized carbons (Fsp3) is 0.500. The highest BCUT2D eigenvalue weighted by Crippen LogP contribution is 2.36. The summed E-state index contributed by atoms with van der Waals surface area (Å²) in [5, 5.41) is 9.96. The van der Waals surface area contributed by atoms with Crippen LogP contribution in [0.1, 0.15) is 44.6 Å². The molecule has 148 valence electrons. The van der Waals surface area contributed by atoms with Gasteiger partial charge in [0.25, 0.3) is 0 Å². The molecule has 0 bridgehead atoms. The molecular formula is C22H28N4O2. The lowest BCUT2D eigenvalue weighted by Gasteiger charge is -2.28. The summed E-state index contributed by atoms with van der Waals surface area (Å²) in [7, 11) is 0. The maximum Gasteiger partial charge on any atom is 0.227 e. The van der Waals surface area contributed by atoms with Gasteiger partial charge in [0.2, 0.25) is 5.95 Å². The highest BCUT2D eigenvalue weighted by atomic mass is 16.3. The summed E-state index contributed by atoms with van der Waals surface area (Å²) in [5.41, 5.74) is 2.86. The number of Topliss-reactive ketones (excluding diaryl/α,β-unsaturated/α-hetero) is 1. The lowest BCUT2D eigenvalue weighted by molar-refractivity contribution is -0.117. The summed E-state index contributed by atoms with van der Waals surface area (Å²) in [6, 6.07) is 7.25. The van der Waals surface area contributed by atoms with E-state index in [9.17, 15) is 9.90 Å². The molecule has 6 heteroatoms. The fourth-order valence-corrected chi connectivity index (χ4v) is 4.16. The van der Waals surface area contributed by atoms with Crippen LogP contribution in [0.25, 0.3) is 11.3 Å². The fourth-order valence-electron chi connectivity index (χ4n) is 4.16.